The summed E-state index contributed by atoms with van der Waals surface area (Å²) in [6.45, 7) is 0. The van der Waals surface area contributed by atoms with E-state index in [2.05, 4.69) is 30.9 Å². The van der Waals surface area contributed by atoms with E-state index in [9.17, 15) is 0 Å². The lowest BCUT2D eigenvalue weighted by Gasteiger charge is -2.12. The molecule has 2 aromatic rings. The van der Waals surface area contributed by atoms with E-state index in [-0.39, 0.29) is 5.95 Å². The molecule has 0 saturated heterocycles. The van der Waals surface area contributed by atoms with Gasteiger partial charge in [-0.05, 0) is 28.1 Å². The van der Waals surface area contributed by atoms with Crippen molar-refractivity contribution in [3.8, 4) is 11.4 Å². The molecule has 1 aromatic carbocycles. The number of nitrogens with two attached hydrogens (primary N) is 1. The van der Waals surface area contributed by atoms with Gasteiger partial charge in [0, 0.05) is 18.6 Å². The third kappa shape index (κ3) is 2.54. The first kappa shape index (κ1) is 13.0. The number of aromatic nitrogens is 3. The maximum Gasteiger partial charge on any atom is 0.230 e. The number of hydrogen-bond acceptors (Lipinski definition) is 5. The highest BCUT2D eigenvalue weighted by Crippen LogP contribution is 2.33. The van der Waals surface area contributed by atoms with Gasteiger partial charge in [0.05, 0.1) is 10.6 Å². The van der Waals surface area contributed by atoms with Crippen LogP contribution in [0, 0.1) is 0 Å². The minimum absolute atomic E-state index is 0.163. The summed E-state index contributed by atoms with van der Waals surface area (Å²) in [4.78, 5) is 14.3. The molecular formula is C11H11BrClN5. The van der Waals surface area contributed by atoms with Crippen LogP contribution < -0.4 is 10.6 Å². The molecule has 0 radical (unpaired) electrons. The summed E-state index contributed by atoms with van der Waals surface area (Å²) in [5.41, 5.74) is 6.39. The van der Waals surface area contributed by atoms with Crippen molar-refractivity contribution in [2.45, 2.75) is 0 Å². The molecule has 0 amide bonds. The summed E-state index contributed by atoms with van der Waals surface area (Å²) in [7, 11) is 3.67. The number of rotatable bonds is 2. The zero-order valence-electron chi connectivity index (χ0n) is 9.85. The van der Waals surface area contributed by atoms with Gasteiger partial charge in [0.15, 0.2) is 5.82 Å². The van der Waals surface area contributed by atoms with Gasteiger partial charge in [0.25, 0.3) is 0 Å². The average molecular weight is 329 g/mol. The Balaban J connectivity index is 2.64. The summed E-state index contributed by atoms with van der Waals surface area (Å²) < 4.78 is 0.810. The Kier molecular flexibility index (Phi) is 3.68. The van der Waals surface area contributed by atoms with Crippen LogP contribution in [0.5, 0.6) is 0 Å². The molecule has 0 unspecified atom stereocenters. The minimum Gasteiger partial charge on any atom is -0.368 e. The Morgan fingerprint density at radius 3 is 2.56 bits per heavy atom. The van der Waals surface area contributed by atoms with E-state index >= 15 is 0 Å². The quantitative estimate of drug-likeness (QED) is 0.918. The van der Waals surface area contributed by atoms with Gasteiger partial charge >= 0.3 is 0 Å². The average Bonchev–Trinajstić information content (AvgIpc) is 2.28. The molecule has 7 heteroatoms. The molecule has 94 valence electrons. The van der Waals surface area contributed by atoms with E-state index in [1.54, 1.807) is 11.0 Å². The Bertz CT molecular complexity index is 567. The molecule has 0 atom stereocenters. The summed E-state index contributed by atoms with van der Waals surface area (Å²) in [6, 6.07) is 5.49. The lowest BCUT2D eigenvalue weighted by molar-refractivity contribution is 0.970. The third-order valence-electron chi connectivity index (χ3n) is 2.23. The standard InChI is InChI=1S/C11H11BrClN5/c1-18(2)11-16-9(15-10(14)17-11)8-6(12)4-3-5-7(8)13/h3-5H,1-2H3,(H2,14,15,16,17). The van der Waals surface area contributed by atoms with Crippen molar-refractivity contribution in [3.63, 3.8) is 0 Å². The molecule has 0 aliphatic heterocycles. The second kappa shape index (κ2) is 5.07. The molecule has 2 N–H and O–H groups in total. The first-order chi connectivity index (χ1) is 8.49. The fourth-order valence-corrected chi connectivity index (χ4v) is 2.32. The van der Waals surface area contributed by atoms with Crippen LogP contribution in [0.2, 0.25) is 5.02 Å². The zero-order valence-corrected chi connectivity index (χ0v) is 12.2. The van der Waals surface area contributed by atoms with Crippen molar-refractivity contribution in [3.05, 3.63) is 27.7 Å². The highest BCUT2D eigenvalue weighted by molar-refractivity contribution is 9.10. The maximum absolute atomic E-state index is 6.16. The van der Waals surface area contributed by atoms with E-state index in [0.29, 0.717) is 22.4 Å². The molecule has 2 rings (SSSR count). The third-order valence-corrected chi connectivity index (χ3v) is 3.20. The van der Waals surface area contributed by atoms with E-state index in [0.717, 1.165) is 4.47 Å². The minimum atomic E-state index is 0.163. The van der Waals surface area contributed by atoms with Gasteiger partial charge in [-0.1, -0.05) is 17.7 Å². The molecule has 18 heavy (non-hydrogen) atoms. The Morgan fingerprint density at radius 1 is 1.22 bits per heavy atom. The van der Waals surface area contributed by atoms with Crippen molar-refractivity contribution < 1.29 is 0 Å². The number of hydrogen-bond donors (Lipinski definition) is 1. The number of nitrogen functional groups attached to an aromatic ring is 1. The van der Waals surface area contributed by atoms with E-state index in [4.69, 9.17) is 17.3 Å². The van der Waals surface area contributed by atoms with Crippen LogP contribution in [0.4, 0.5) is 11.9 Å². The normalized spacial score (nSPS) is 10.4. The lowest BCUT2D eigenvalue weighted by Crippen LogP contribution is -2.15. The summed E-state index contributed by atoms with van der Waals surface area (Å²) in [5.74, 6) is 1.10. The van der Waals surface area contributed by atoms with Crippen molar-refractivity contribution in [2.75, 3.05) is 24.7 Å². The largest absolute Gasteiger partial charge is 0.368 e. The van der Waals surface area contributed by atoms with Gasteiger partial charge in [0.1, 0.15) is 0 Å². The molecule has 5 nitrogen and oxygen atoms in total. The molecule has 1 heterocycles. The topological polar surface area (TPSA) is 67.9 Å². The van der Waals surface area contributed by atoms with Gasteiger partial charge in [-0.15, -0.1) is 0 Å². The molecule has 0 spiro atoms. The monoisotopic (exact) mass is 327 g/mol. The molecule has 0 aliphatic carbocycles. The van der Waals surface area contributed by atoms with E-state index in [1.807, 2.05) is 26.2 Å². The van der Waals surface area contributed by atoms with Gasteiger partial charge in [0.2, 0.25) is 11.9 Å². The summed E-state index contributed by atoms with van der Waals surface area (Å²) >= 11 is 9.59. The number of benzene rings is 1. The Hall–Kier alpha value is -1.40. The molecule has 0 fully saturated rings. The molecule has 0 saturated carbocycles. The number of halogens is 2. The SMILES string of the molecule is CN(C)c1nc(N)nc(-c2c(Cl)cccc2Br)n1. The van der Waals surface area contributed by atoms with Crippen molar-refractivity contribution in [1.82, 2.24) is 15.0 Å². The molecule has 1 aromatic heterocycles. The fraction of sp³-hybridized carbons (Fsp3) is 0.182. The van der Waals surface area contributed by atoms with Crippen LogP contribution in [-0.2, 0) is 0 Å². The fourth-order valence-electron chi connectivity index (χ4n) is 1.40. The Labute approximate surface area is 118 Å². The highest BCUT2D eigenvalue weighted by atomic mass is 79.9. The van der Waals surface area contributed by atoms with Crippen molar-refractivity contribution in [2.24, 2.45) is 0 Å². The first-order valence-electron chi connectivity index (χ1n) is 5.12. The number of anilines is 2. The molecule has 0 aliphatic rings. The predicted octanol–water partition coefficient (Wildman–Crippen LogP) is 2.60. The van der Waals surface area contributed by atoms with Crippen LogP contribution in [0.25, 0.3) is 11.4 Å². The van der Waals surface area contributed by atoms with Crippen LogP contribution in [0.15, 0.2) is 22.7 Å². The van der Waals surface area contributed by atoms with Crippen LogP contribution in [0.1, 0.15) is 0 Å². The molecular weight excluding hydrogens is 318 g/mol. The first-order valence-corrected chi connectivity index (χ1v) is 6.29. The Morgan fingerprint density at radius 2 is 1.94 bits per heavy atom. The van der Waals surface area contributed by atoms with Crippen LogP contribution in [-0.4, -0.2) is 29.0 Å². The number of nitrogens with zero attached hydrogens (tertiary/aromatic N) is 4. The zero-order chi connectivity index (χ0) is 13.3. The van der Waals surface area contributed by atoms with Gasteiger partial charge < -0.3 is 10.6 Å². The second-order valence-electron chi connectivity index (χ2n) is 3.81. The van der Waals surface area contributed by atoms with E-state index < -0.39 is 0 Å². The summed E-state index contributed by atoms with van der Waals surface area (Å²) in [5, 5.41) is 0.555. The predicted molar refractivity (Wildman–Crippen MR) is 76.7 cm³/mol. The van der Waals surface area contributed by atoms with Crippen LogP contribution >= 0.6 is 27.5 Å². The second-order valence-corrected chi connectivity index (χ2v) is 5.07. The lowest BCUT2D eigenvalue weighted by atomic mass is 10.2. The summed E-state index contributed by atoms with van der Waals surface area (Å²) in [6.07, 6.45) is 0. The van der Waals surface area contributed by atoms with Gasteiger partial charge in [-0.2, -0.15) is 15.0 Å². The highest BCUT2D eigenvalue weighted by Gasteiger charge is 2.14. The van der Waals surface area contributed by atoms with Crippen molar-refractivity contribution >= 4 is 39.4 Å². The smallest absolute Gasteiger partial charge is 0.230 e. The van der Waals surface area contributed by atoms with Crippen molar-refractivity contribution in [1.29, 1.82) is 0 Å². The maximum atomic E-state index is 6.16. The van der Waals surface area contributed by atoms with Crippen LogP contribution in [0.3, 0.4) is 0 Å². The van der Waals surface area contributed by atoms with E-state index in [1.165, 1.54) is 0 Å². The van der Waals surface area contributed by atoms with Gasteiger partial charge in [-0.25, -0.2) is 0 Å². The molecule has 0 bridgehead atoms. The van der Waals surface area contributed by atoms with Gasteiger partial charge in [-0.3, -0.25) is 0 Å².